The summed E-state index contributed by atoms with van der Waals surface area (Å²) in [6.45, 7) is 1.20. The SMILES string of the molecule is O=C(c1ccc(F)c(F)c1F)N1CC2CC2C1. The summed E-state index contributed by atoms with van der Waals surface area (Å²) in [7, 11) is 0. The molecule has 0 spiro atoms. The Kier molecular flexibility index (Phi) is 2.18. The van der Waals surface area contributed by atoms with Crippen LogP contribution in [0.2, 0.25) is 0 Å². The first-order valence-electron chi connectivity index (χ1n) is 5.50. The van der Waals surface area contributed by atoms with Crippen LogP contribution < -0.4 is 0 Å². The van der Waals surface area contributed by atoms with Crippen molar-refractivity contribution in [2.45, 2.75) is 6.42 Å². The molecule has 0 N–H and O–H groups in total. The number of piperidine rings is 1. The van der Waals surface area contributed by atoms with Crippen LogP contribution in [0, 0.1) is 29.3 Å². The summed E-state index contributed by atoms with van der Waals surface area (Å²) in [4.78, 5) is 13.4. The van der Waals surface area contributed by atoms with Crippen LogP contribution in [0.5, 0.6) is 0 Å². The zero-order valence-corrected chi connectivity index (χ0v) is 8.92. The smallest absolute Gasteiger partial charge is 0.256 e. The molecule has 0 radical (unpaired) electrons. The number of likely N-dealkylation sites (tertiary alicyclic amines) is 1. The lowest BCUT2D eigenvalue weighted by atomic mass is 10.1. The van der Waals surface area contributed by atoms with E-state index in [0.717, 1.165) is 18.6 Å². The number of fused-ring (bicyclic) bond motifs is 1. The predicted octanol–water partition coefficient (Wildman–Crippen LogP) is 2.20. The zero-order chi connectivity index (χ0) is 12.2. The number of benzene rings is 1. The van der Waals surface area contributed by atoms with Gasteiger partial charge in [0.2, 0.25) is 0 Å². The molecule has 2 atom stereocenters. The summed E-state index contributed by atoms with van der Waals surface area (Å²) in [6.07, 6.45) is 1.12. The predicted molar refractivity (Wildman–Crippen MR) is 53.8 cm³/mol. The van der Waals surface area contributed by atoms with Gasteiger partial charge < -0.3 is 4.90 Å². The van der Waals surface area contributed by atoms with Gasteiger partial charge in [0.15, 0.2) is 17.5 Å². The molecule has 1 saturated carbocycles. The fourth-order valence-electron chi connectivity index (χ4n) is 2.43. The van der Waals surface area contributed by atoms with Crippen LogP contribution in [-0.2, 0) is 0 Å². The van der Waals surface area contributed by atoms with Crippen molar-refractivity contribution in [3.05, 3.63) is 35.1 Å². The van der Waals surface area contributed by atoms with E-state index in [1.165, 1.54) is 4.90 Å². The van der Waals surface area contributed by atoms with Gasteiger partial charge in [-0.2, -0.15) is 0 Å². The molecule has 2 fully saturated rings. The Labute approximate surface area is 96.0 Å². The van der Waals surface area contributed by atoms with Crippen LogP contribution in [0.25, 0.3) is 0 Å². The summed E-state index contributed by atoms with van der Waals surface area (Å²) >= 11 is 0. The van der Waals surface area contributed by atoms with Gasteiger partial charge in [0, 0.05) is 13.1 Å². The van der Waals surface area contributed by atoms with E-state index < -0.39 is 23.4 Å². The second kappa shape index (κ2) is 3.48. The van der Waals surface area contributed by atoms with Gasteiger partial charge in [-0.1, -0.05) is 0 Å². The molecule has 1 amide bonds. The van der Waals surface area contributed by atoms with E-state index >= 15 is 0 Å². The van der Waals surface area contributed by atoms with Crippen molar-refractivity contribution < 1.29 is 18.0 Å². The van der Waals surface area contributed by atoms with E-state index in [2.05, 4.69) is 0 Å². The molecule has 1 aromatic carbocycles. The van der Waals surface area contributed by atoms with Gasteiger partial charge in [-0.05, 0) is 30.4 Å². The number of halogens is 3. The van der Waals surface area contributed by atoms with Crippen molar-refractivity contribution in [3.63, 3.8) is 0 Å². The highest BCUT2D eigenvalue weighted by molar-refractivity contribution is 5.94. The number of nitrogens with zero attached hydrogens (tertiary/aromatic N) is 1. The minimum Gasteiger partial charge on any atom is -0.338 e. The van der Waals surface area contributed by atoms with Crippen molar-refractivity contribution in [1.29, 1.82) is 0 Å². The molecule has 2 nitrogen and oxygen atoms in total. The third kappa shape index (κ3) is 1.61. The van der Waals surface area contributed by atoms with Crippen LogP contribution in [-0.4, -0.2) is 23.9 Å². The summed E-state index contributed by atoms with van der Waals surface area (Å²) in [5, 5.41) is 0. The van der Waals surface area contributed by atoms with Crippen LogP contribution >= 0.6 is 0 Å². The molecular weight excluding hydrogens is 231 g/mol. The Morgan fingerprint density at radius 1 is 1.12 bits per heavy atom. The first-order chi connectivity index (χ1) is 8.08. The fraction of sp³-hybridized carbons (Fsp3) is 0.417. The molecule has 1 saturated heterocycles. The molecule has 3 rings (SSSR count). The Morgan fingerprint density at radius 2 is 1.76 bits per heavy atom. The van der Waals surface area contributed by atoms with Gasteiger partial charge >= 0.3 is 0 Å². The van der Waals surface area contributed by atoms with Gasteiger partial charge in [-0.3, -0.25) is 4.79 Å². The van der Waals surface area contributed by atoms with Gasteiger partial charge in [0.25, 0.3) is 5.91 Å². The molecule has 1 aliphatic carbocycles. The minimum absolute atomic E-state index is 0.384. The van der Waals surface area contributed by atoms with Gasteiger partial charge in [-0.25, -0.2) is 13.2 Å². The highest BCUT2D eigenvalue weighted by Crippen LogP contribution is 2.45. The van der Waals surface area contributed by atoms with E-state index in [1.54, 1.807) is 0 Å². The van der Waals surface area contributed by atoms with Crippen molar-refractivity contribution in [2.24, 2.45) is 11.8 Å². The Morgan fingerprint density at radius 3 is 2.41 bits per heavy atom. The van der Waals surface area contributed by atoms with Crippen LogP contribution in [0.1, 0.15) is 16.8 Å². The first kappa shape index (κ1) is 10.6. The van der Waals surface area contributed by atoms with E-state index in [0.29, 0.717) is 24.9 Å². The minimum atomic E-state index is -1.58. The van der Waals surface area contributed by atoms with Gasteiger partial charge in [0.05, 0.1) is 5.56 Å². The maximum absolute atomic E-state index is 13.4. The van der Waals surface area contributed by atoms with Crippen LogP contribution in [0.3, 0.4) is 0 Å². The average molecular weight is 241 g/mol. The Hall–Kier alpha value is -1.52. The molecule has 1 aliphatic heterocycles. The molecule has 1 heterocycles. The third-order valence-corrected chi connectivity index (χ3v) is 3.53. The van der Waals surface area contributed by atoms with Crippen molar-refractivity contribution in [3.8, 4) is 0 Å². The number of carbonyl (C=O) groups excluding carboxylic acids is 1. The summed E-state index contributed by atoms with van der Waals surface area (Å²) in [5.41, 5.74) is -0.384. The molecule has 2 aliphatic rings. The lowest BCUT2D eigenvalue weighted by molar-refractivity contribution is 0.0769. The highest BCUT2D eigenvalue weighted by Gasteiger charge is 2.47. The summed E-state index contributed by atoms with van der Waals surface area (Å²) in [5.74, 6) is -3.76. The molecule has 5 heteroatoms. The van der Waals surface area contributed by atoms with E-state index in [9.17, 15) is 18.0 Å². The number of rotatable bonds is 1. The standard InChI is InChI=1S/C12H10F3NO/c13-9-2-1-8(10(14)11(9)15)12(17)16-4-6-3-7(6)5-16/h1-2,6-7H,3-5H2. The maximum Gasteiger partial charge on any atom is 0.256 e. The van der Waals surface area contributed by atoms with Crippen molar-refractivity contribution in [2.75, 3.05) is 13.1 Å². The molecule has 17 heavy (non-hydrogen) atoms. The van der Waals surface area contributed by atoms with Crippen molar-refractivity contribution in [1.82, 2.24) is 4.90 Å². The average Bonchev–Trinajstić information content (AvgIpc) is 2.93. The number of amides is 1. The Balaban J connectivity index is 1.88. The molecule has 2 unspecified atom stereocenters. The maximum atomic E-state index is 13.4. The monoisotopic (exact) mass is 241 g/mol. The zero-order valence-electron chi connectivity index (χ0n) is 8.92. The molecular formula is C12H10F3NO. The first-order valence-corrected chi connectivity index (χ1v) is 5.50. The van der Waals surface area contributed by atoms with E-state index in [-0.39, 0.29) is 5.56 Å². The molecule has 1 aromatic rings. The van der Waals surface area contributed by atoms with E-state index in [1.807, 2.05) is 0 Å². The largest absolute Gasteiger partial charge is 0.338 e. The molecule has 0 bridgehead atoms. The summed E-state index contributed by atoms with van der Waals surface area (Å²) in [6, 6.07) is 1.78. The topological polar surface area (TPSA) is 20.3 Å². The third-order valence-electron chi connectivity index (χ3n) is 3.53. The molecule has 0 aromatic heterocycles. The Bertz CT molecular complexity index is 493. The number of hydrogen-bond acceptors (Lipinski definition) is 1. The second-order valence-corrected chi connectivity index (χ2v) is 4.69. The fourth-order valence-corrected chi connectivity index (χ4v) is 2.43. The van der Waals surface area contributed by atoms with Crippen LogP contribution in [0.15, 0.2) is 12.1 Å². The van der Waals surface area contributed by atoms with Crippen LogP contribution in [0.4, 0.5) is 13.2 Å². The number of hydrogen-bond donors (Lipinski definition) is 0. The lowest BCUT2D eigenvalue weighted by Crippen LogP contribution is -2.31. The second-order valence-electron chi connectivity index (χ2n) is 4.69. The summed E-state index contributed by atoms with van der Waals surface area (Å²) < 4.78 is 39.1. The number of carbonyl (C=O) groups is 1. The quantitative estimate of drug-likeness (QED) is 0.690. The normalized spacial score (nSPS) is 25.9. The highest BCUT2D eigenvalue weighted by atomic mass is 19.2. The van der Waals surface area contributed by atoms with E-state index in [4.69, 9.17) is 0 Å². The van der Waals surface area contributed by atoms with Gasteiger partial charge in [0.1, 0.15) is 0 Å². The van der Waals surface area contributed by atoms with Gasteiger partial charge in [-0.15, -0.1) is 0 Å². The lowest BCUT2D eigenvalue weighted by Gasteiger charge is -2.18. The molecule has 90 valence electrons. The van der Waals surface area contributed by atoms with Crippen molar-refractivity contribution >= 4 is 5.91 Å².